The van der Waals surface area contributed by atoms with Gasteiger partial charge in [-0.3, -0.25) is 4.79 Å². The standard InChI is InChI=1S/C14H26N2O3/c1-10(17)16-11-6-13(2,3)8-14(4,7-11)9-15-12(18)19-5/h11H,6-9H2,1-5H3,(H,15,18)(H,16,17). The van der Waals surface area contributed by atoms with E-state index in [4.69, 9.17) is 0 Å². The predicted molar refractivity (Wildman–Crippen MR) is 73.8 cm³/mol. The van der Waals surface area contributed by atoms with Crippen molar-refractivity contribution in [1.82, 2.24) is 10.6 Å². The largest absolute Gasteiger partial charge is 0.453 e. The molecule has 0 spiro atoms. The Bertz CT molecular complexity index is 355. The molecule has 1 saturated carbocycles. The van der Waals surface area contributed by atoms with Gasteiger partial charge in [0.1, 0.15) is 0 Å². The van der Waals surface area contributed by atoms with E-state index in [0.29, 0.717) is 6.54 Å². The minimum absolute atomic E-state index is 0.00553. The van der Waals surface area contributed by atoms with Gasteiger partial charge in [0.25, 0.3) is 0 Å². The van der Waals surface area contributed by atoms with E-state index in [9.17, 15) is 9.59 Å². The molecule has 110 valence electrons. The Hall–Kier alpha value is -1.26. The van der Waals surface area contributed by atoms with Gasteiger partial charge in [0.15, 0.2) is 0 Å². The lowest BCUT2D eigenvalue weighted by Gasteiger charge is -2.46. The van der Waals surface area contributed by atoms with Gasteiger partial charge in [0, 0.05) is 19.5 Å². The number of alkyl carbamates (subject to hydrolysis) is 1. The molecular weight excluding hydrogens is 244 g/mol. The van der Waals surface area contributed by atoms with Crippen molar-refractivity contribution in [2.75, 3.05) is 13.7 Å². The molecule has 19 heavy (non-hydrogen) atoms. The number of amides is 2. The van der Waals surface area contributed by atoms with Crippen LogP contribution < -0.4 is 10.6 Å². The van der Waals surface area contributed by atoms with E-state index in [1.165, 1.54) is 7.11 Å². The number of hydrogen-bond acceptors (Lipinski definition) is 3. The van der Waals surface area contributed by atoms with Gasteiger partial charge in [-0.15, -0.1) is 0 Å². The van der Waals surface area contributed by atoms with Gasteiger partial charge < -0.3 is 15.4 Å². The number of ether oxygens (including phenoxy) is 1. The Labute approximate surface area is 115 Å². The lowest BCUT2D eigenvalue weighted by Crippen LogP contribution is -2.50. The third-order valence-electron chi connectivity index (χ3n) is 3.70. The van der Waals surface area contributed by atoms with Crippen molar-refractivity contribution in [2.45, 2.75) is 53.0 Å². The molecule has 2 amide bonds. The SMILES string of the molecule is COC(=O)NCC1(C)CC(NC(C)=O)CC(C)(C)C1. The van der Waals surface area contributed by atoms with Gasteiger partial charge in [-0.05, 0) is 30.1 Å². The first-order valence-electron chi connectivity index (χ1n) is 6.75. The van der Waals surface area contributed by atoms with Crippen LogP contribution in [0.5, 0.6) is 0 Å². The fraction of sp³-hybridized carbons (Fsp3) is 0.857. The fourth-order valence-electron chi connectivity index (χ4n) is 3.52. The van der Waals surface area contributed by atoms with Crippen molar-refractivity contribution in [3.05, 3.63) is 0 Å². The highest BCUT2D eigenvalue weighted by Crippen LogP contribution is 2.45. The van der Waals surface area contributed by atoms with Crippen LogP contribution in [0.25, 0.3) is 0 Å². The molecule has 2 unspecified atom stereocenters. The molecule has 1 rings (SSSR count). The lowest BCUT2D eigenvalue weighted by atomic mass is 9.62. The quantitative estimate of drug-likeness (QED) is 0.825. The Kier molecular flexibility index (Phi) is 4.82. The summed E-state index contributed by atoms with van der Waals surface area (Å²) in [6.45, 7) is 8.68. The molecule has 0 heterocycles. The number of carbonyl (C=O) groups excluding carboxylic acids is 2. The number of methoxy groups -OCH3 is 1. The minimum Gasteiger partial charge on any atom is -0.453 e. The van der Waals surface area contributed by atoms with E-state index >= 15 is 0 Å². The zero-order chi connectivity index (χ0) is 14.7. The molecule has 0 aromatic heterocycles. The van der Waals surface area contributed by atoms with Crippen molar-refractivity contribution >= 4 is 12.0 Å². The number of carbonyl (C=O) groups is 2. The molecule has 5 heteroatoms. The molecule has 0 aromatic rings. The summed E-state index contributed by atoms with van der Waals surface area (Å²) in [5, 5.41) is 5.79. The maximum Gasteiger partial charge on any atom is 0.406 e. The summed E-state index contributed by atoms with van der Waals surface area (Å²) < 4.78 is 4.61. The predicted octanol–water partition coefficient (Wildman–Crippen LogP) is 2.06. The van der Waals surface area contributed by atoms with Gasteiger partial charge in [-0.1, -0.05) is 20.8 Å². The average Bonchev–Trinajstić information content (AvgIpc) is 2.22. The summed E-state index contributed by atoms with van der Waals surface area (Å²) in [4.78, 5) is 22.5. The third kappa shape index (κ3) is 5.09. The average molecular weight is 270 g/mol. The summed E-state index contributed by atoms with van der Waals surface area (Å²) in [5.74, 6) is 0.00553. The normalized spacial score (nSPS) is 29.4. The minimum atomic E-state index is -0.402. The number of nitrogens with one attached hydrogen (secondary N) is 2. The van der Waals surface area contributed by atoms with Crippen molar-refractivity contribution in [1.29, 1.82) is 0 Å². The summed E-state index contributed by atoms with van der Waals surface area (Å²) in [7, 11) is 1.36. The van der Waals surface area contributed by atoms with Crippen LogP contribution in [0.15, 0.2) is 0 Å². The van der Waals surface area contributed by atoms with Crippen LogP contribution in [-0.4, -0.2) is 31.7 Å². The highest BCUT2D eigenvalue weighted by molar-refractivity contribution is 5.73. The van der Waals surface area contributed by atoms with E-state index in [-0.39, 0.29) is 22.8 Å². The van der Waals surface area contributed by atoms with E-state index in [0.717, 1.165) is 19.3 Å². The van der Waals surface area contributed by atoms with E-state index < -0.39 is 6.09 Å². The Morgan fingerprint density at radius 2 is 1.89 bits per heavy atom. The van der Waals surface area contributed by atoms with Crippen molar-refractivity contribution in [3.63, 3.8) is 0 Å². The molecule has 1 aliphatic carbocycles. The van der Waals surface area contributed by atoms with E-state index in [1.54, 1.807) is 6.92 Å². The van der Waals surface area contributed by atoms with Crippen LogP contribution in [0.1, 0.15) is 47.0 Å². The topological polar surface area (TPSA) is 67.4 Å². The molecule has 0 bridgehead atoms. The summed E-state index contributed by atoms with van der Waals surface area (Å²) in [6.07, 6.45) is 2.46. The summed E-state index contributed by atoms with van der Waals surface area (Å²) in [6, 6.07) is 0.172. The van der Waals surface area contributed by atoms with Crippen molar-refractivity contribution in [2.24, 2.45) is 10.8 Å². The zero-order valence-electron chi connectivity index (χ0n) is 12.6. The van der Waals surface area contributed by atoms with Gasteiger partial charge >= 0.3 is 6.09 Å². The van der Waals surface area contributed by atoms with Crippen LogP contribution in [0, 0.1) is 10.8 Å². The van der Waals surface area contributed by atoms with Crippen LogP contribution in [0.3, 0.4) is 0 Å². The molecule has 0 aliphatic heterocycles. The lowest BCUT2D eigenvalue weighted by molar-refractivity contribution is -0.120. The molecule has 2 N–H and O–H groups in total. The van der Waals surface area contributed by atoms with E-state index in [2.05, 4.69) is 36.1 Å². The summed E-state index contributed by atoms with van der Waals surface area (Å²) in [5.41, 5.74) is 0.126. The summed E-state index contributed by atoms with van der Waals surface area (Å²) >= 11 is 0. The number of rotatable bonds is 3. The molecule has 0 saturated heterocycles. The van der Waals surface area contributed by atoms with Gasteiger partial charge in [-0.2, -0.15) is 0 Å². The van der Waals surface area contributed by atoms with Gasteiger partial charge in [0.2, 0.25) is 5.91 Å². The number of hydrogen-bond donors (Lipinski definition) is 2. The van der Waals surface area contributed by atoms with Gasteiger partial charge in [-0.25, -0.2) is 4.79 Å². The molecular formula is C14H26N2O3. The Balaban J connectivity index is 2.69. The van der Waals surface area contributed by atoms with Crippen molar-refractivity contribution < 1.29 is 14.3 Å². The van der Waals surface area contributed by atoms with E-state index in [1.807, 2.05) is 0 Å². The second-order valence-corrected chi connectivity index (χ2v) is 6.80. The smallest absolute Gasteiger partial charge is 0.406 e. The molecule has 0 radical (unpaired) electrons. The Morgan fingerprint density at radius 1 is 1.26 bits per heavy atom. The first-order valence-corrected chi connectivity index (χ1v) is 6.75. The highest BCUT2D eigenvalue weighted by atomic mass is 16.5. The molecule has 1 aliphatic rings. The molecule has 1 fully saturated rings. The first kappa shape index (κ1) is 15.8. The van der Waals surface area contributed by atoms with Crippen LogP contribution in [0.4, 0.5) is 4.79 Å². The zero-order valence-corrected chi connectivity index (χ0v) is 12.6. The molecule has 5 nitrogen and oxygen atoms in total. The van der Waals surface area contributed by atoms with Crippen LogP contribution in [-0.2, 0) is 9.53 Å². The monoisotopic (exact) mass is 270 g/mol. The van der Waals surface area contributed by atoms with Crippen LogP contribution in [0.2, 0.25) is 0 Å². The second kappa shape index (κ2) is 5.80. The fourth-order valence-corrected chi connectivity index (χ4v) is 3.52. The highest BCUT2D eigenvalue weighted by Gasteiger charge is 2.41. The first-order chi connectivity index (χ1) is 8.66. The molecule has 0 aromatic carbocycles. The van der Waals surface area contributed by atoms with Crippen LogP contribution >= 0.6 is 0 Å². The second-order valence-electron chi connectivity index (χ2n) is 6.80. The molecule has 2 atom stereocenters. The maximum absolute atomic E-state index is 11.2. The van der Waals surface area contributed by atoms with Crippen molar-refractivity contribution in [3.8, 4) is 0 Å². The Morgan fingerprint density at radius 3 is 2.42 bits per heavy atom. The van der Waals surface area contributed by atoms with Gasteiger partial charge in [0.05, 0.1) is 7.11 Å². The third-order valence-corrected chi connectivity index (χ3v) is 3.70. The maximum atomic E-state index is 11.2.